The number of fused-ring (bicyclic) bond motifs is 1. The molecule has 0 radical (unpaired) electrons. The maximum atomic E-state index is 10.4. The Morgan fingerprint density at radius 1 is 0.731 bits per heavy atom. The molecule has 0 bridgehead atoms. The first-order valence-corrected chi connectivity index (χ1v) is 7.55. The normalized spacial score (nSPS) is 10.9. The van der Waals surface area contributed by atoms with E-state index in [1.165, 1.54) is 36.9 Å². The number of phenols is 4. The van der Waals surface area contributed by atoms with Crippen molar-refractivity contribution in [1.82, 2.24) is 19.9 Å². The van der Waals surface area contributed by atoms with Crippen LogP contribution >= 0.6 is 0 Å². The molecule has 0 aliphatic heterocycles. The van der Waals surface area contributed by atoms with Crippen molar-refractivity contribution in [2.24, 2.45) is 0 Å². The Morgan fingerprint density at radius 2 is 1.54 bits per heavy atom. The highest BCUT2D eigenvalue weighted by Crippen LogP contribution is 2.46. The third kappa shape index (κ3) is 2.40. The summed E-state index contributed by atoms with van der Waals surface area (Å²) in [6, 6.07) is 7.25. The number of nitrogens with zero attached hydrogens (tertiary/aromatic N) is 4. The second-order valence-corrected chi connectivity index (χ2v) is 5.52. The summed E-state index contributed by atoms with van der Waals surface area (Å²) in [5.41, 5.74) is 1.79. The van der Waals surface area contributed by atoms with Crippen molar-refractivity contribution in [2.75, 3.05) is 0 Å². The summed E-state index contributed by atoms with van der Waals surface area (Å²) in [7, 11) is 0. The molecule has 0 amide bonds. The van der Waals surface area contributed by atoms with Crippen molar-refractivity contribution < 1.29 is 20.4 Å². The lowest BCUT2D eigenvalue weighted by Gasteiger charge is -2.14. The minimum atomic E-state index is -0.423. The molecule has 4 N–H and O–H groups in total. The Balaban J connectivity index is 2.03. The van der Waals surface area contributed by atoms with Crippen LogP contribution in [0.1, 0.15) is 0 Å². The van der Waals surface area contributed by atoms with Crippen LogP contribution in [-0.2, 0) is 0 Å². The third-order valence-corrected chi connectivity index (χ3v) is 3.94. The van der Waals surface area contributed by atoms with Crippen molar-refractivity contribution >= 4 is 11.2 Å². The van der Waals surface area contributed by atoms with Crippen molar-refractivity contribution in [3.63, 3.8) is 0 Å². The van der Waals surface area contributed by atoms with Crippen molar-refractivity contribution in [2.45, 2.75) is 0 Å². The minimum absolute atomic E-state index is 0.152. The molecule has 0 saturated carbocycles. The summed E-state index contributed by atoms with van der Waals surface area (Å²) in [6.07, 6.45) is 4.23. The molecular weight excluding hydrogens is 336 g/mol. The summed E-state index contributed by atoms with van der Waals surface area (Å²) in [6.45, 7) is 0. The molecule has 0 aliphatic carbocycles. The van der Waals surface area contributed by atoms with Crippen LogP contribution in [0.15, 0.2) is 49.1 Å². The molecular formula is C18H12N4O4. The van der Waals surface area contributed by atoms with Crippen LogP contribution in [0.25, 0.3) is 33.5 Å². The predicted octanol–water partition coefficient (Wildman–Crippen LogP) is 2.58. The number of para-hydroxylation sites is 1. The fraction of sp³-hybridized carbons (Fsp3) is 0. The molecule has 128 valence electrons. The lowest BCUT2D eigenvalue weighted by Crippen LogP contribution is -1.94. The van der Waals surface area contributed by atoms with Gasteiger partial charge in [0.1, 0.15) is 11.8 Å². The average Bonchev–Trinajstić information content (AvgIpc) is 2.66. The summed E-state index contributed by atoms with van der Waals surface area (Å²) in [4.78, 5) is 16.5. The summed E-state index contributed by atoms with van der Waals surface area (Å²) in [5.74, 6) is -1.44. The second kappa shape index (κ2) is 5.85. The van der Waals surface area contributed by atoms with Gasteiger partial charge in [0.25, 0.3) is 0 Å². The zero-order chi connectivity index (χ0) is 18.3. The zero-order valence-corrected chi connectivity index (χ0v) is 13.2. The van der Waals surface area contributed by atoms with E-state index in [0.717, 1.165) is 0 Å². The molecule has 2 heterocycles. The van der Waals surface area contributed by atoms with Crippen LogP contribution in [0.4, 0.5) is 0 Å². The van der Waals surface area contributed by atoms with Gasteiger partial charge in [-0.1, -0.05) is 12.1 Å². The number of aromatic hydroxyl groups is 4. The van der Waals surface area contributed by atoms with Gasteiger partial charge in [-0.05, 0) is 23.8 Å². The van der Waals surface area contributed by atoms with Gasteiger partial charge >= 0.3 is 0 Å². The summed E-state index contributed by atoms with van der Waals surface area (Å²) in [5, 5.41) is 40.3. The zero-order valence-electron chi connectivity index (χ0n) is 13.2. The molecule has 26 heavy (non-hydrogen) atoms. The Kier molecular flexibility index (Phi) is 3.51. The maximum Gasteiger partial charge on any atom is 0.181 e. The molecule has 0 saturated heterocycles. The fourth-order valence-electron chi connectivity index (χ4n) is 2.70. The van der Waals surface area contributed by atoms with Gasteiger partial charge in [0.05, 0.1) is 23.7 Å². The molecule has 0 aliphatic rings. The Bertz CT molecular complexity index is 1150. The molecule has 4 rings (SSSR count). The number of phenolic OH excluding ortho intramolecular Hbond substituents is 4. The minimum Gasteiger partial charge on any atom is -0.504 e. The number of hydrogen-bond donors (Lipinski definition) is 4. The standard InChI is InChI=1S/C18H12N4O4/c23-13-3-1-2-10(16(13)25)9-4-5-14(24)17(26)15(9)11-7-20-12-6-19-8-21-18(12)22-11/h1-8,23-26H. The van der Waals surface area contributed by atoms with Crippen LogP contribution in [0.5, 0.6) is 23.0 Å². The first-order valence-electron chi connectivity index (χ1n) is 7.55. The van der Waals surface area contributed by atoms with Crippen LogP contribution in [0.3, 0.4) is 0 Å². The second-order valence-electron chi connectivity index (χ2n) is 5.52. The largest absolute Gasteiger partial charge is 0.504 e. The van der Waals surface area contributed by atoms with E-state index >= 15 is 0 Å². The Morgan fingerprint density at radius 3 is 2.38 bits per heavy atom. The van der Waals surface area contributed by atoms with Crippen LogP contribution in [0.2, 0.25) is 0 Å². The molecule has 4 aromatic rings. The van der Waals surface area contributed by atoms with E-state index in [1.54, 1.807) is 12.1 Å². The van der Waals surface area contributed by atoms with Gasteiger partial charge in [0.15, 0.2) is 28.6 Å². The van der Waals surface area contributed by atoms with Gasteiger partial charge in [0, 0.05) is 5.56 Å². The van der Waals surface area contributed by atoms with Gasteiger partial charge in [-0.15, -0.1) is 0 Å². The molecule has 0 spiro atoms. The highest BCUT2D eigenvalue weighted by atomic mass is 16.3. The fourth-order valence-corrected chi connectivity index (χ4v) is 2.70. The van der Waals surface area contributed by atoms with E-state index < -0.39 is 5.75 Å². The highest BCUT2D eigenvalue weighted by molar-refractivity contribution is 5.91. The van der Waals surface area contributed by atoms with E-state index in [9.17, 15) is 20.4 Å². The lowest BCUT2D eigenvalue weighted by atomic mass is 9.95. The number of hydrogen-bond acceptors (Lipinski definition) is 8. The predicted molar refractivity (Wildman–Crippen MR) is 92.7 cm³/mol. The van der Waals surface area contributed by atoms with Gasteiger partial charge in [-0.25, -0.2) is 19.9 Å². The van der Waals surface area contributed by atoms with E-state index in [4.69, 9.17) is 0 Å². The molecule has 2 aromatic heterocycles. The van der Waals surface area contributed by atoms with Crippen molar-refractivity contribution in [1.29, 1.82) is 0 Å². The van der Waals surface area contributed by atoms with Gasteiger partial charge in [-0.2, -0.15) is 0 Å². The first-order chi connectivity index (χ1) is 12.6. The van der Waals surface area contributed by atoms with Crippen molar-refractivity contribution in [3.05, 3.63) is 49.1 Å². The maximum absolute atomic E-state index is 10.4. The molecule has 0 fully saturated rings. The third-order valence-electron chi connectivity index (χ3n) is 3.94. The van der Waals surface area contributed by atoms with Gasteiger partial charge < -0.3 is 20.4 Å². The first kappa shape index (κ1) is 15.6. The van der Waals surface area contributed by atoms with Crippen LogP contribution in [0, 0.1) is 0 Å². The smallest absolute Gasteiger partial charge is 0.181 e. The quantitative estimate of drug-likeness (QED) is 0.406. The SMILES string of the molecule is Oc1cccc(-c2ccc(O)c(O)c2-c2cnc3cncnc3n2)c1O. The van der Waals surface area contributed by atoms with Gasteiger partial charge in [-0.3, -0.25) is 0 Å². The van der Waals surface area contributed by atoms with E-state index in [0.29, 0.717) is 16.7 Å². The average molecular weight is 348 g/mol. The Labute approximate surface area is 146 Å². The molecule has 0 unspecified atom stereocenters. The topological polar surface area (TPSA) is 132 Å². The molecule has 8 heteroatoms. The van der Waals surface area contributed by atoms with E-state index in [2.05, 4.69) is 19.9 Å². The molecule has 8 nitrogen and oxygen atoms in total. The van der Waals surface area contributed by atoms with Gasteiger partial charge in [0.2, 0.25) is 0 Å². The molecule has 0 atom stereocenters. The summed E-state index contributed by atoms with van der Waals surface area (Å²) >= 11 is 0. The number of aromatic nitrogens is 4. The summed E-state index contributed by atoms with van der Waals surface area (Å²) < 4.78 is 0. The van der Waals surface area contributed by atoms with E-state index in [-0.39, 0.29) is 34.1 Å². The van der Waals surface area contributed by atoms with Crippen molar-refractivity contribution in [3.8, 4) is 45.4 Å². The Hall–Kier alpha value is -3.94. The lowest BCUT2D eigenvalue weighted by molar-refractivity contribution is 0.403. The van der Waals surface area contributed by atoms with Crippen LogP contribution in [-0.4, -0.2) is 40.4 Å². The molecule has 2 aromatic carbocycles. The number of benzene rings is 2. The monoisotopic (exact) mass is 348 g/mol. The highest BCUT2D eigenvalue weighted by Gasteiger charge is 2.20. The van der Waals surface area contributed by atoms with E-state index in [1.807, 2.05) is 0 Å². The van der Waals surface area contributed by atoms with Crippen LogP contribution < -0.4 is 0 Å². The number of rotatable bonds is 2.